The number of ether oxygens (including phenoxy) is 5. The number of hydrogen-bond acceptors (Lipinski definition) is 9. The third-order valence-corrected chi connectivity index (χ3v) is 4.69. The first kappa shape index (κ1) is 22.7. The fraction of sp³-hybridized carbons (Fsp3) is 0.333. The lowest BCUT2D eigenvalue weighted by atomic mass is 10.1. The zero-order chi connectivity index (χ0) is 23.3. The monoisotopic (exact) mass is 446 g/mol. The number of nitrogens with zero attached hydrogens (tertiary/aromatic N) is 1. The Balaban J connectivity index is 1.68. The molecule has 0 bridgehead atoms. The second-order valence-electron chi connectivity index (χ2n) is 6.74. The topological polar surface area (TPSA) is 135 Å². The predicted molar refractivity (Wildman–Crippen MR) is 110 cm³/mol. The third-order valence-electron chi connectivity index (χ3n) is 4.69. The highest BCUT2D eigenvalue weighted by Gasteiger charge is 2.28. The van der Waals surface area contributed by atoms with Crippen molar-refractivity contribution in [3.63, 3.8) is 0 Å². The Hall–Kier alpha value is -4.02. The highest BCUT2D eigenvalue weighted by Crippen LogP contribution is 2.37. The van der Waals surface area contributed by atoms with Crippen LogP contribution in [0.5, 0.6) is 23.0 Å². The van der Waals surface area contributed by atoms with E-state index in [0.717, 1.165) is 6.07 Å². The smallest absolute Gasteiger partial charge is 0.345 e. The van der Waals surface area contributed by atoms with Crippen molar-refractivity contribution < 1.29 is 38.2 Å². The number of fused-ring (bicyclic) bond motifs is 1. The first-order valence-corrected chi connectivity index (χ1v) is 9.60. The molecule has 32 heavy (non-hydrogen) atoms. The van der Waals surface area contributed by atoms with E-state index in [0.29, 0.717) is 17.1 Å². The van der Waals surface area contributed by atoms with Crippen molar-refractivity contribution in [2.24, 2.45) is 0 Å². The molecule has 170 valence electrons. The van der Waals surface area contributed by atoms with E-state index in [2.05, 4.69) is 5.32 Å². The SMILES string of the molecule is COc1ccc(OC)c(C(C)NC(=O)COC(=O)c2cc3c(cc2[N+](=O)[O-])OCCO3)c1. The predicted octanol–water partition coefficient (Wildman–Crippen LogP) is 2.42. The van der Waals surface area contributed by atoms with Gasteiger partial charge in [-0.1, -0.05) is 0 Å². The van der Waals surface area contributed by atoms with Crippen LogP contribution in [-0.2, 0) is 9.53 Å². The lowest BCUT2D eigenvalue weighted by Gasteiger charge is -2.19. The number of esters is 1. The number of nitro groups is 1. The number of nitrogens with one attached hydrogen (secondary N) is 1. The minimum Gasteiger partial charge on any atom is -0.497 e. The Morgan fingerprint density at radius 1 is 1.12 bits per heavy atom. The summed E-state index contributed by atoms with van der Waals surface area (Å²) in [6.07, 6.45) is 0. The maximum absolute atomic E-state index is 12.5. The first-order chi connectivity index (χ1) is 15.3. The van der Waals surface area contributed by atoms with Gasteiger partial charge in [-0.3, -0.25) is 14.9 Å². The molecule has 1 N–H and O–H groups in total. The summed E-state index contributed by atoms with van der Waals surface area (Å²) in [6, 6.07) is 6.93. The molecule has 0 spiro atoms. The molecule has 0 aromatic heterocycles. The van der Waals surface area contributed by atoms with Crippen LogP contribution in [0.2, 0.25) is 0 Å². The molecule has 1 aliphatic rings. The second kappa shape index (κ2) is 9.86. The number of hydrogen-bond donors (Lipinski definition) is 1. The van der Waals surface area contributed by atoms with E-state index in [9.17, 15) is 19.7 Å². The van der Waals surface area contributed by atoms with Crippen molar-refractivity contribution >= 4 is 17.6 Å². The van der Waals surface area contributed by atoms with E-state index < -0.39 is 35.1 Å². The molecule has 2 aromatic rings. The van der Waals surface area contributed by atoms with E-state index in [4.69, 9.17) is 23.7 Å². The fourth-order valence-electron chi connectivity index (χ4n) is 3.14. The highest BCUT2D eigenvalue weighted by atomic mass is 16.6. The lowest BCUT2D eigenvalue weighted by molar-refractivity contribution is -0.385. The van der Waals surface area contributed by atoms with E-state index in [1.807, 2.05) is 0 Å². The molecule has 11 nitrogen and oxygen atoms in total. The highest BCUT2D eigenvalue weighted by molar-refractivity contribution is 5.96. The molecule has 3 rings (SSSR count). The van der Waals surface area contributed by atoms with Gasteiger partial charge in [0, 0.05) is 11.6 Å². The maximum Gasteiger partial charge on any atom is 0.345 e. The standard InChI is InChI=1S/C21H22N2O9/c1-12(14-8-13(28-2)4-5-17(14)29-3)22-20(24)11-32-21(25)15-9-18-19(31-7-6-30-18)10-16(15)23(26)27/h4-5,8-10,12H,6-7,11H2,1-3H3,(H,22,24). The number of methoxy groups -OCH3 is 2. The Kier molecular flexibility index (Phi) is 6.98. The van der Waals surface area contributed by atoms with Crippen molar-refractivity contribution in [2.75, 3.05) is 34.0 Å². The van der Waals surface area contributed by atoms with Gasteiger partial charge >= 0.3 is 5.97 Å². The number of nitro benzene ring substituents is 1. The van der Waals surface area contributed by atoms with Crippen LogP contribution in [0, 0.1) is 10.1 Å². The Morgan fingerprint density at radius 2 is 1.81 bits per heavy atom. The van der Waals surface area contributed by atoms with Crippen LogP contribution in [0.25, 0.3) is 0 Å². The van der Waals surface area contributed by atoms with Crippen LogP contribution in [0.4, 0.5) is 5.69 Å². The summed E-state index contributed by atoms with van der Waals surface area (Å²) < 4.78 is 26.2. The van der Waals surface area contributed by atoms with E-state index >= 15 is 0 Å². The molecule has 1 unspecified atom stereocenters. The first-order valence-electron chi connectivity index (χ1n) is 9.60. The van der Waals surface area contributed by atoms with Gasteiger partial charge in [0.1, 0.15) is 30.3 Å². The van der Waals surface area contributed by atoms with Crippen LogP contribution >= 0.6 is 0 Å². The van der Waals surface area contributed by atoms with Gasteiger partial charge < -0.3 is 29.0 Å². The molecule has 0 radical (unpaired) electrons. The van der Waals surface area contributed by atoms with E-state index in [-0.39, 0.29) is 30.3 Å². The number of amides is 1. The van der Waals surface area contributed by atoms with Gasteiger partial charge in [0.15, 0.2) is 18.1 Å². The minimum absolute atomic E-state index is 0.165. The number of carbonyl (C=O) groups is 2. The molecule has 1 heterocycles. The van der Waals surface area contributed by atoms with Crippen molar-refractivity contribution in [3.05, 3.63) is 51.6 Å². The van der Waals surface area contributed by atoms with Gasteiger partial charge in [0.05, 0.1) is 31.3 Å². The van der Waals surface area contributed by atoms with Gasteiger partial charge in [-0.05, 0) is 25.1 Å². The minimum atomic E-state index is -1.03. The summed E-state index contributed by atoms with van der Waals surface area (Å²) in [7, 11) is 3.02. The average molecular weight is 446 g/mol. The van der Waals surface area contributed by atoms with Crippen molar-refractivity contribution in [2.45, 2.75) is 13.0 Å². The van der Waals surface area contributed by atoms with Crippen LogP contribution in [-0.4, -0.2) is 50.8 Å². The molecule has 1 aliphatic heterocycles. The van der Waals surface area contributed by atoms with Gasteiger partial charge in [-0.15, -0.1) is 0 Å². The van der Waals surface area contributed by atoms with E-state index in [1.165, 1.54) is 20.3 Å². The quantitative estimate of drug-likeness (QED) is 0.368. The van der Waals surface area contributed by atoms with Crippen LogP contribution < -0.4 is 24.3 Å². The van der Waals surface area contributed by atoms with Gasteiger partial charge in [0.2, 0.25) is 0 Å². The third kappa shape index (κ3) is 4.99. The Labute approximate surface area is 183 Å². The summed E-state index contributed by atoms with van der Waals surface area (Å²) in [6.45, 7) is 1.57. The van der Waals surface area contributed by atoms with Crippen LogP contribution in [0.1, 0.15) is 28.9 Å². The fourth-order valence-corrected chi connectivity index (χ4v) is 3.14. The molecule has 0 aliphatic carbocycles. The van der Waals surface area contributed by atoms with Crippen molar-refractivity contribution in [3.8, 4) is 23.0 Å². The van der Waals surface area contributed by atoms with Gasteiger partial charge in [-0.25, -0.2) is 4.79 Å². The zero-order valence-corrected chi connectivity index (χ0v) is 17.7. The zero-order valence-electron chi connectivity index (χ0n) is 17.7. The van der Waals surface area contributed by atoms with Crippen LogP contribution in [0.3, 0.4) is 0 Å². The number of carbonyl (C=O) groups excluding carboxylic acids is 2. The molecular formula is C21H22N2O9. The molecule has 1 atom stereocenters. The molecule has 11 heteroatoms. The van der Waals surface area contributed by atoms with Gasteiger partial charge in [-0.2, -0.15) is 0 Å². The molecular weight excluding hydrogens is 424 g/mol. The summed E-state index contributed by atoms with van der Waals surface area (Å²) >= 11 is 0. The van der Waals surface area contributed by atoms with Gasteiger partial charge in [0.25, 0.3) is 11.6 Å². The molecule has 0 saturated heterocycles. The lowest BCUT2D eigenvalue weighted by Crippen LogP contribution is -2.31. The average Bonchev–Trinajstić information content (AvgIpc) is 2.81. The largest absolute Gasteiger partial charge is 0.497 e. The molecule has 0 saturated carbocycles. The molecule has 2 aromatic carbocycles. The Morgan fingerprint density at radius 3 is 2.44 bits per heavy atom. The number of benzene rings is 2. The van der Waals surface area contributed by atoms with Crippen molar-refractivity contribution in [1.82, 2.24) is 5.32 Å². The maximum atomic E-state index is 12.5. The number of rotatable bonds is 8. The van der Waals surface area contributed by atoms with Crippen LogP contribution in [0.15, 0.2) is 30.3 Å². The summed E-state index contributed by atoms with van der Waals surface area (Å²) in [5, 5.41) is 14.1. The normalized spacial score (nSPS) is 13.0. The Bertz CT molecular complexity index is 1040. The second-order valence-corrected chi connectivity index (χ2v) is 6.74. The summed E-state index contributed by atoms with van der Waals surface area (Å²) in [5.41, 5.74) is -0.183. The summed E-state index contributed by atoms with van der Waals surface area (Å²) in [5.74, 6) is -0.150. The molecule has 1 amide bonds. The van der Waals surface area contributed by atoms with E-state index in [1.54, 1.807) is 25.1 Å². The summed E-state index contributed by atoms with van der Waals surface area (Å²) in [4.78, 5) is 35.4. The molecule has 0 fully saturated rings. The van der Waals surface area contributed by atoms with Crippen molar-refractivity contribution in [1.29, 1.82) is 0 Å².